The maximum absolute atomic E-state index is 11.9. The van der Waals surface area contributed by atoms with Crippen molar-refractivity contribution in [2.75, 3.05) is 0 Å². The molecule has 0 atom stereocenters. The van der Waals surface area contributed by atoms with Crippen LogP contribution in [0, 0.1) is 5.92 Å². The predicted molar refractivity (Wildman–Crippen MR) is 65.3 cm³/mol. The number of esters is 1. The van der Waals surface area contributed by atoms with Gasteiger partial charge in [0.15, 0.2) is 0 Å². The molecular weight excluding hydrogens is 218 g/mol. The molecule has 1 saturated carbocycles. The van der Waals surface area contributed by atoms with Crippen LogP contribution in [0.15, 0.2) is 5.10 Å². The molecule has 0 unspecified atom stereocenters. The molecule has 2 N–H and O–H groups in total. The number of ether oxygens (including phenoxy) is 1. The van der Waals surface area contributed by atoms with E-state index in [2.05, 4.69) is 16.1 Å². The summed E-state index contributed by atoms with van der Waals surface area (Å²) in [6, 6.07) is 0. The summed E-state index contributed by atoms with van der Waals surface area (Å²) in [5, 5.41) is 3.99. The van der Waals surface area contributed by atoms with Crippen LogP contribution in [0.1, 0.15) is 46.5 Å². The standard InChI is InChI=1S/C12H21N3O2/c1-11(2,3)17-10(16)9-4-6-12(7-5-9)8-13-15-14-12/h8-9,14-15H,4-7H2,1-3H3. The average molecular weight is 239 g/mol. The topological polar surface area (TPSA) is 62.7 Å². The van der Waals surface area contributed by atoms with Crippen LogP contribution in [0.25, 0.3) is 0 Å². The number of nitrogens with one attached hydrogen (secondary N) is 2. The fraction of sp³-hybridized carbons (Fsp3) is 0.833. The maximum atomic E-state index is 11.9. The number of hydrazone groups is 1. The number of carbonyl (C=O) groups excluding carboxylic acids is 1. The molecule has 1 aliphatic heterocycles. The Morgan fingerprint density at radius 3 is 2.53 bits per heavy atom. The second kappa shape index (κ2) is 4.29. The lowest BCUT2D eigenvalue weighted by molar-refractivity contribution is -0.161. The van der Waals surface area contributed by atoms with E-state index < -0.39 is 0 Å². The molecule has 1 fully saturated rings. The Balaban J connectivity index is 1.86. The molecule has 5 heteroatoms. The first-order valence-electron chi connectivity index (χ1n) is 6.20. The summed E-state index contributed by atoms with van der Waals surface area (Å²) < 4.78 is 5.42. The van der Waals surface area contributed by atoms with Gasteiger partial charge >= 0.3 is 5.97 Å². The lowest BCUT2D eigenvalue weighted by Gasteiger charge is -2.34. The van der Waals surface area contributed by atoms with Gasteiger partial charge in [0.1, 0.15) is 5.60 Å². The largest absolute Gasteiger partial charge is 0.460 e. The third-order valence-electron chi connectivity index (χ3n) is 3.30. The molecule has 1 heterocycles. The summed E-state index contributed by atoms with van der Waals surface area (Å²) in [4.78, 5) is 11.9. The van der Waals surface area contributed by atoms with E-state index in [-0.39, 0.29) is 23.0 Å². The molecule has 1 spiro atoms. The Labute approximate surface area is 102 Å². The van der Waals surface area contributed by atoms with Crippen LogP contribution in [0.3, 0.4) is 0 Å². The summed E-state index contributed by atoms with van der Waals surface area (Å²) in [6.45, 7) is 5.72. The third-order valence-corrected chi connectivity index (χ3v) is 3.30. The van der Waals surface area contributed by atoms with Crippen molar-refractivity contribution in [3.05, 3.63) is 0 Å². The summed E-state index contributed by atoms with van der Waals surface area (Å²) in [6.07, 6.45) is 5.48. The van der Waals surface area contributed by atoms with Crippen molar-refractivity contribution in [1.29, 1.82) is 0 Å². The number of hydrogen-bond donors (Lipinski definition) is 2. The highest BCUT2D eigenvalue weighted by molar-refractivity contribution is 5.75. The highest BCUT2D eigenvalue weighted by atomic mass is 16.6. The predicted octanol–water partition coefficient (Wildman–Crippen LogP) is 1.35. The summed E-state index contributed by atoms with van der Waals surface area (Å²) in [5.41, 5.74) is 5.49. The molecule has 0 bridgehead atoms. The van der Waals surface area contributed by atoms with Crippen molar-refractivity contribution in [2.24, 2.45) is 11.0 Å². The van der Waals surface area contributed by atoms with Gasteiger partial charge in [-0.25, -0.2) is 11.0 Å². The van der Waals surface area contributed by atoms with E-state index >= 15 is 0 Å². The number of hydrazine groups is 1. The number of rotatable bonds is 1. The Kier molecular flexibility index (Phi) is 3.12. The van der Waals surface area contributed by atoms with Gasteiger partial charge in [0, 0.05) is 6.21 Å². The zero-order chi connectivity index (χ0) is 12.5. The molecule has 0 aromatic rings. The first kappa shape index (κ1) is 12.4. The molecule has 0 aromatic heterocycles. The van der Waals surface area contributed by atoms with E-state index in [0.29, 0.717) is 0 Å². The van der Waals surface area contributed by atoms with Gasteiger partial charge in [-0.3, -0.25) is 4.79 Å². The summed E-state index contributed by atoms with van der Waals surface area (Å²) in [5.74, 6) is -0.0223. The molecular formula is C12H21N3O2. The second-order valence-electron chi connectivity index (χ2n) is 5.96. The summed E-state index contributed by atoms with van der Waals surface area (Å²) in [7, 11) is 0. The van der Waals surface area contributed by atoms with E-state index in [0.717, 1.165) is 25.7 Å². The Morgan fingerprint density at radius 2 is 2.06 bits per heavy atom. The van der Waals surface area contributed by atoms with Crippen molar-refractivity contribution in [3.8, 4) is 0 Å². The average Bonchev–Trinajstić information content (AvgIpc) is 2.65. The van der Waals surface area contributed by atoms with Crippen LogP contribution >= 0.6 is 0 Å². The summed E-state index contributed by atoms with van der Waals surface area (Å²) >= 11 is 0. The first-order valence-corrected chi connectivity index (χ1v) is 6.20. The minimum atomic E-state index is -0.388. The zero-order valence-electron chi connectivity index (χ0n) is 10.7. The SMILES string of the molecule is CC(C)(C)OC(=O)C1CCC2(C=NNN2)CC1. The molecule has 0 saturated heterocycles. The van der Waals surface area contributed by atoms with Crippen LogP contribution in [-0.4, -0.2) is 23.3 Å². The number of carbonyl (C=O) groups is 1. The van der Waals surface area contributed by atoms with Crippen LogP contribution in [0.5, 0.6) is 0 Å². The van der Waals surface area contributed by atoms with Crippen LogP contribution in [-0.2, 0) is 9.53 Å². The van der Waals surface area contributed by atoms with Gasteiger partial charge in [-0.2, -0.15) is 5.10 Å². The fourth-order valence-corrected chi connectivity index (χ4v) is 2.34. The molecule has 5 nitrogen and oxygen atoms in total. The van der Waals surface area contributed by atoms with Gasteiger partial charge in [0.2, 0.25) is 0 Å². The Bertz CT molecular complexity index is 325. The van der Waals surface area contributed by atoms with E-state index in [1.807, 2.05) is 27.0 Å². The van der Waals surface area contributed by atoms with Crippen LogP contribution < -0.4 is 11.0 Å². The first-order chi connectivity index (χ1) is 7.90. The van der Waals surface area contributed by atoms with Crippen LogP contribution in [0.2, 0.25) is 0 Å². The van der Waals surface area contributed by atoms with E-state index in [1.54, 1.807) is 0 Å². The minimum absolute atomic E-state index is 0.0376. The van der Waals surface area contributed by atoms with Gasteiger partial charge in [-0.15, -0.1) is 0 Å². The Hall–Kier alpha value is -1.10. The molecule has 96 valence electrons. The minimum Gasteiger partial charge on any atom is -0.460 e. The van der Waals surface area contributed by atoms with Gasteiger partial charge in [-0.1, -0.05) is 0 Å². The quantitative estimate of drug-likeness (QED) is 0.678. The lowest BCUT2D eigenvalue weighted by Crippen LogP contribution is -2.49. The molecule has 0 radical (unpaired) electrons. The fourth-order valence-electron chi connectivity index (χ4n) is 2.34. The molecule has 0 aromatic carbocycles. The van der Waals surface area contributed by atoms with Gasteiger partial charge in [0.05, 0.1) is 11.5 Å². The third kappa shape index (κ3) is 2.97. The normalized spacial score (nSPS) is 32.5. The van der Waals surface area contributed by atoms with E-state index in [4.69, 9.17) is 4.74 Å². The van der Waals surface area contributed by atoms with Gasteiger partial charge in [-0.05, 0) is 46.5 Å². The lowest BCUT2D eigenvalue weighted by atomic mass is 9.77. The van der Waals surface area contributed by atoms with E-state index in [9.17, 15) is 4.79 Å². The zero-order valence-corrected chi connectivity index (χ0v) is 10.7. The number of hydrogen-bond acceptors (Lipinski definition) is 5. The molecule has 2 rings (SSSR count). The van der Waals surface area contributed by atoms with Crippen molar-refractivity contribution in [2.45, 2.75) is 57.6 Å². The molecule has 17 heavy (non-hydrogen) atoms. The Morgan fingerprint density at radius 1 is 1.41 bits per heavy atom. The van der Waals surface area contributed by atoms with Crippen LogP contribution in [0.4, 0.5) is 0 Å². The van der Waals surface area contributed by atoms with E-state index in [1.165, 1.54) is 0 Å². The highest BCUT2D eigenvalue weighted by Crippen LogP contribution is 2.33. The highest BCUT2D eigenvalue weighted by Gasteiger charge is 2.39. The van der Waals surface area contributed by atoms with Gasteiger partial charge in [0.25, 0.3) is 0 Å². The van der Waals surface area contributed by atoms with Crippen molar-refractivity contribution in [3.63, 3.8) is 0 Å². The number of nitrogens with zero attached hydrogens (tertiary/aromatic N) is 1. The molecule has 1 aliphatic carbocycles. The maximum Gasteiger partial charge on any atom is 0.309 e. The van der Waals surface area contributed by atoms with Crippen molar-refractivity contribution >= 4 is 12.2 Å². The molecule has 2 aliphatic rings. The van der Waals surface area contributed by atoms with Gasteiger partial charge < -0.3 is 4.74 Å². The van der Waals surface area contributed by atoms with Crippen molar-refractivity contribution in [1.82, 2.24) is 11.0 Å². The smallest absolute Gasteiger partial charge is 0.309 e. The second-order valence-corrected chi connectivity index (χ2v) is 5.96. The monoisotopic (exact) mass is 239 g/mol. The van der Waals surface area contributed by atoms with Crippen molar-refractivity contribution < 1.29 is 9.53 Å². The molecule has 0 amide bonds.